The van der Waals surface area contributed by atoms with Gasteiger partial charge in [-0.25, -0.2) is 9.48 Å². The Labute approximate surface area is 157 Å². The van der Waals surface area contributed by atoms with Crippen molar-refractivity contribution in [2.75, 3.05) is 0 Å². The molecule has 1 aromatic heterocycles. The minimum atomic E-state index is -1.06. The predicted molar refractivity (Wildman–Crippen MR) is 103 cm³/mol. The lowest BCUT2D eigenvalue weighted by molar-refractivity contribution is 0.0689. The summed E-state index contributed by atoms with van der Waals surface area (Å²) in [7, 11) is 0. The molecule has 5 nitrogen and oxygen atoms in total. The third-order valence-corrected chi connectivity index (χ3v) is 5.19. The minimum absolute atomic E-state index is 0.00227. The number of rotatable bonds is 6. The summed E-state index contributed by atoms with van der Waals surface area (Å²) >= 11 is 1.57. The Morgan fingerprint density at radius 1 is 1.12 bits per heavy atom. The zero-order valence-corrected chi connectivity index (χ0v) is 15.8. The van der Waals surface area contributed by atoms with E-state index in [1.54, 1.807) is 16.4 Å². The summed E-state index contributed by atoms with van der Waals surface area (Å²) in [6.45, 7) is 6.31. The highest BCUT2D eigenvalue weighted by atomic mass is 32.2. The van der Waals surface area contributed by atoms with E-state index in [2.05, 4.69) is 24.2 Å². The molecular formula is C20H21N3O2S. The maximum Gasteiger partial charge on any atom is 0.358 e. The lowest BCUT2D eigenvalue weighted by atomic mass is 10.0. The Balaban J connectivity index is 1.90. The van der Waals surface area contributed by atoms with Crippen molar-refractivity contribution in [1.29, 1.82) is 0 Å². The van der Waals surface area contributed by atoms with E-state index in [4.69, 9.17) is 0 Å². The Morgan fingerprint density at radius 2 is 1.77 bits per heavy atom. The molecule has 0 fully saturated rings. The summed E-state index contributed by atoms with van der Waals surface area (Å²) in [6.07, 6.45) is 0. The maximum absolute atomic E-state index is 11.5. The van der Waals surface area contributed by atoms with Crippen molar-refractivity contribution < 1.29 is 9.90 Å². The molecule has 3 rings (SSSR count). The standard InChI is InChI=1S/C20H21N3O2S/c1-13(2)15-6-8-16(9-7-15)23-18(19(20(24)25)21-22-23)12-26-17-10-4-14(3)5-11-17/h4-11,13H,12H2,1-3H3,(H,24,25). The van der Waals surface area contributed by atoms with Gasteiger partial charge in [0.15, 0.2) is 5.69 Å². The highest BCUT2D eigenvalue weighted by Crippen LogP contribution is 2.26. The molecule has 0 radical (unpaired) electrons. The van der Waals surface area contributed by atoms with E-state index in [1.165, 1.54) is 11.1 Å². The number of carbonyl (C=O) groups is 1. The number of benzene rings is 2. The highest BCUT2D eigenvalue weighted by Gasteiger charge is 2.20. The summed E-state index contributed by atoms with van der Waals surface area (Å²) in [6, 6.07) is 16.1. The lowest BCUT2D eigenvalue weighted by Crippen LogP contribution is -2.06. The zero-order valence-electron chi connectivity index (χ0n) is 15.0. The van der Waals surface area contributed by atoms with Gasteiger partial charge in [0.1, 0.15) is 0 Å². The second-order valence-corrected chi connectivity index (χ2v) is 7.50. The molecule has 3 aromatic rings. The van der Waals surface area contributed by atoms with Crippen molar-refractivity contribution in [2.45, 2.75) is 37.3 Å². The summed E-state index contributed by atoms with van der Waals surface area (Å²) < 4.78 is 1.62. The van der Waals surface area contributed by atoms with Gasteiger partial charge in [0, 0.05) is 10.6 Å². The third kappa shape index (κ3) is 3.96. The second-order valence-electron chi connectivity index (χ2n) is 6.45. The molecule has 0 spiro atoms. The summed E-state index contributed by atoms with van der Waals surface area (Å²) in [5, 5.41) is 17.4. The van der Waals surface area contributed by atoms with Crippen molar-refractivity contribution in [3.05, 3.63) is 71.0 Å². The fourth-order valence-corrected chi connectivity index (χ4v) is 3.48. The number of carboxylic acids is 1. The van der Waals surface area contributed by atoms with Crippen LogP contribution in [0, 0.1) is 6.92 Å². The second kappa shape index (κ2) is 7.74. The average Bonchev–Trinajstić information content (AvgIpc) is 3.05. The zero-order chi connectivity index (χ0) is 18.7. The van der Waals surface area contributed by atoms with Crippen LogP contribution in [0.2, 0.25) is 0 Å². The van der Waals surface area contributed by atoms with Crippen molar-refractivity contribution in [1.82, 2.24) is 15.0 Å². The largest absolute Gasteiger partial charge is 0.476 e. The number of hydrogen-bond donors (Lipinski definition) is 1. The number of aryl methyl sites for hydroxylation is 1. The van der Waals surface area contributed by atoms with Crippen LogP contribution >= 0.6 is 11.8 Å². The van der Waals surface area contributed by atoms with E-state index in [-0.39, 0.29) is 5.69 Å². The first-order valence-corrected chi connectivity index (χ1v) is 9.42. The first-order chi connectivity index (χ1) is 12.5. The van der Waals surface area contributed by atoms with Crippen LogP contribution in [0.15, 0.2) is 53.4 Å². The number of carboxylic acid groups (broad SMARTS) is 1. The smallest absolute Gasteiger partial charge is 0.358 e. The van der Waals surface area contributed by atoms with E-state index in [1.807, 2.05) is 55.5 Å². The summed E-state index contributed by atoms with van der Waals surface area (Å²) in [5.41, 5.74) is 3.81. The van der Waals surface area contributed by atoms with Gasteiger partial charge in [-0.15, -0.1) is 16.9 Å². The molecule has 2 aromatic carbocycles. The van der Waals surface area contributed by atoms with Crippen LogP contribution in [-0.4, -0.2) is 26.1 Å². The Hall–Kier alpha value is -2.60. The minimum Gasteiger partial charge on any atom is -0.476 e. The molecular weight excluding hydrogens is 346 g/mol. The molecule has 0 unspecified atom stereocenters. The monoisotopic (exact) mass is 367 g/mol. The first kappa shape index (κ1) is 18.2. The van der Waals surface area contributed by atoms with Crippen LogP contribution in [0.5, 0.6) is 0 Å². The van der Waals surface area contributed by atoms with E-state index < -0.39 is 5.97 Å². The Bertz CT molecular complexity index is 900. The van der Waals surface area contributed by atoms with E-state index >= 15 is 0 Å². The SMILES string of the molecule is Cc1ccc(SCc2c(C(=O)O)nnn2-c2ccc(C(C)C)cc2)cc1. The predicted octanol–water partition coefficient (Wildman–Crippen LogP) is 4.69. The number of aromatic nitrogens is 3. The van der Waals surface area contributed by atoms with Crippen LogP contribution in [0.4, 0.5) is 0 Å². The molecule has 26 heavy (non-hydrogen) atoms. The number of hydrogen-bond acceptors (Lipinski definition) is 4. The molecule has 1 N–H and O–H groups in total. The first-order valence-electron chi connectivity index (χ1n) is 8.43. The maximum atomic E-state index is 11.5. The van der Waals surface area contributed by atoms with Gasteiger partial charge in [-0.05, 0) is 42.7 Å². The third-order valence-electron chi connectivity index (χ3n) is 4.17. The molecule has 134 valence electrons. The molecule has 0 atom stereocenters. The Kier molecular flexibility index (Phi) is 5.42. The molecule has 0 amide bonds. The van der Waals surface area contributed by atoms with Gasteiger partial charge in [-0.1, -0.05) is 48.9 Å². The highest BCUT2D eigenvalue weighted by molar-refractivity contribution is 7.98. The van der Waals surface area contributed by atoms with Crippen molar-refractivity contribution in [3.63, 3.8) is 0 Å². The van der Waals surface area contributed by atoms with Gasteiger partial charge < -0.3 is 5.11 Å². The van der Waals surface area contributed by atoms with Crippen LogP contribution in [0.3, 0.4) is 0 Å². The topological polar surface area (TPSA) is 68.0 Å². The van der Waals surface area contributed by atoms with Crippen LogP contribution in [0.1, 0.15) is 47.1 Å². The number of thioether (sulfide) groups is 1. The lowest BCUT2D eigenvalue weighted by Gasteiger charge is -2.10. The van der Waals surface area contributed by atoms with Gasteiger partial charge in [0.2, 0.25) is 0 Å². The van der Waals surface area contributed by atoms with Crippen LogP contribution < -0.4 is 0 Å². The Morgan fingerprint density at radius 3 is 2.35 bits per heavy atom. The normalized spacial score (nSPS) is 11.1. The molecule has 0 aliphatic heterocycles. The summed E-state index contributed by atoms with van der Waals surface area (Å²) in [4.78, 5) is 12.6. The van der Waals surface area contributed by atoms with Gasteiger partial charge in [-0.2, -0.15) is 0 Å². The van der Waals surface area contributed by atoms with Crippen LogP contribution in [0.25, 0.3) is 5.69 Å². The van der Waals surface area contributed by atoms with Crippen LogP contribution in [-0.2, 0) is 5.75 Å². The molecule has 6 heteroatoms. The summed E-state index contributed by atoms with van der Waals surface area (Å²) in [5.74, 6) is -0.149. The molecule has 0 saturated heterocycles. The van der Waals surface area contributed by atoms with Gasteiger partial charge >= 0.3 is 5.97 Å². The van der Waals surface area contributed by atoms with Gasteiger partial charge in [-0.3, -0.25) is 0 Å². The van der Waals surface area contributed by atoms with Crippen molar-refractivity contribution in [2.24, 2.45) is 0 Å². The molecule has 1 heterocycles. The van der Waals surface area contributed by atoms with Gasteiger partial charge in [0.05, 0.1) is 11.4 Å². The number of nitrogens with zero attached hydrogens (tertiary/aromatic N) is 3. The molecule has 0 aliphatic rings. The average molecular weight is 367 g/mol. The quantitative estimate of drug-likeness (QED) is 0.640. The van der Waals surface area contributed by atoms with Crippen molar-refractivity contribution >= 4 is 17.7 Å². The molecule has 0 saturated carbocycles. The molecule has 0 bridgehead atoms. The van der Waals surface area contributed by atoms with E-state index in [9.17, 15) is 9.90 Å². The number of aromatic carboxylic acids is 1. The van der Waals surface area contributed by atoms with Gasteiger partial charge in [0.25, 0.3) is 0 Å². The van der Waals surface area contributed by atoms with E-state index in [0.717, 1.165) is 10.6 Å². The molecule has 0 aliphatic carbocycles. The van der Waals surface area contributed by atoms with E-state index in [0.29, 0.717) is 17.4 Å². The fraction of sp³-hybridized carbons (Fsp3) is 0.250. The fourth-order valence-electron chi connectivity index (χ4n) is 2.59. The van der Waals surface area contributed by atoms with Crippen molar-refractivity contribution in [3.8, 4) is 5.69 Å².